The highest BCUT2D eigenvalue weighted by atomic mass is 16.5. The van der Waals surface area contributed by atoms with Crippen molar-refractivity contribution in [3.8, 4) is 0 Å². The second-order valence-electron chi connectivity index (χ2n) is 5.29. The van der Waals surface area contributed by atoms with E-state index in [-0.39, 0.29) is 11.8 Å². The molecule has 1 heterocycles. The van der Waals surface area contributed by atoms with Crippen LogP contribution in [-0.2, 0) is 4.79 Å². The van der Waals surface area contributed by atoms with E-state index in [1.807, 2.05) is 5.48 Å². The lowest BCUT2D eigenvalue weighted by Gasteiger charge is -2.22. The topological polar surface area (TPSA) is 85.2 Å². The van der Waals surface area contributed by atoms with Gasteiger partial charge in [0.2, 0.25) is 0 Å². The van der Waals surface area contributed by atoms with Gasteiger partial charge in [0.05, 0.1) is 5.71 Å². The Hall–Kier alpha value is -2.25. The Kier molecular flexibility index (Phi) is 3.80. The van der Waals surface area contributed by atoms with Gasteiger partial charge in [0, 0.05) is 32.3 Å². The fourth-order valence-corrected chi connectivity index (χ4v) is 2.20. The molecule has 1 atom stereocenters. The molecule has 0 aromatic heterocycles. The van der Waals surface area contributed by atoms with E-state index >= 15 is 0 Å². The summed E-state index contributed by atoms with van der Waals surface area (Å²) in [4.78, 5) is 25.4. The van der Waals surface area contributed by atoms with E-state index in [1.54, 1.807) is 45.3 Å². The van der Waals surface area contributed by atoms with Crippen LogP contribution >= 0.6 is 0 Å². The van der Waals surface area contributed by atoms with E-state index in [9.17, 15) is 14.8 Å². The van der Waals surface area contributed by atoms with Crippen LogP contribution in [0, 0.1) is 0 Å². The number of hydrazone groups is 1. The number of benzene rings is 1. The Labute approximate surface area is 122 Å². The SMILES string of the molecule is CN(C)C(=O)c1ccc(C2=NN(C)C(=O)C2(C)NO)cc1. The van der Waals surface area contributed by atoms with E-state index in [1.165, 1.54) is 17.0 Å². The lowest BCUT2D eigenvalue weighted by molar-refractivity contribution is -0.134. The van der Waals surface area contributed by atoms with E-state index in [0.717, 1.165) is 0 Å². The highest BCUT2D eigenvalue weighted by molar-refractivity contribution is 6.23. The van der Waals surface area contributed by atoms with Crippen molar-refractivity contribution in [3.05, 3.63) is 35.4 Å². The Morgan fingerprint density at radius 3 is 2.38 bits per heavy atom. The van der Waals surface area contributed by atoms with Gasteiger partial charge in [0.1, 0.15) is 0 Å². The zero-order valence-corrected chi connectivity index (χ0v) is 12.4. The fraction of sp³-hybridized carbons (Fsp3) is 0.357. The zero-order chi connectivity index (χ0) is 15.8. The van der Waals surface area contributed by atoms with Gasteiger partial charge >= 0.3 is 0 Å². The van der Waals surface area contributed by atoms with Crippen LogP contribution in [0.3, 0.4) is 0 Å². The van der Waals surface area contributed by atoms with Crippen molar-refractivity contribution in [2.75, 3.05) is 21.1 Å². The predicted octanol–water partition coefficient (Wildman–Crippen LogP) is 0.302. The average molecular weight is 290 g/mol. The number of nitrogens with zero attached hydrogens (tertiary/aromatic N) is 3. The van der Waals surface area contributed by atoms with Crippen LogP contribution in [0.1, 0.15) is 22.8 Å². The number of nitrogens with one attached hydrogen (secondary N) is 1. The molecule has 2 amide bonds. The molecular formula is C14H18N4O3. The molecule has 0 radical (unpaired) electrons. The summed E-state index contributed by atoms with van der Waals surface area (Å²) in [5.41, 5.74) is 2.34. The molecule has 0 fully saturated rings. The maximum atomic E-state index is 12.0. The summed E-state index contributed by atoms with van der Waals surface area (Å²) in [6, 6.07) is 6.75. The molecule has 1 aliphatic rings. The molecule has 112 valence electrons. The molecule has 7 nitrogen and oxygen atoms in total. The number of carbonyl (C=O) groups excluding carboxylic acids is 2. The Morgan fingerprint density at radius 2 is 1.90 bits per heavy atom. The molecule has 1 aromatic carbocycles. The van der Waals surface area contributed by atoms with E-state index < -0.39 is 5.54 Å². The third kappa shape index (κ3) is 2.41. The number of hydroxylamine groups is 1. The first kappa shape index (κ1) is 15.1. The molecule has 1 aliphatic heterocycles. The van der Waals surface area contributed by atoms with Gasteiger partial charge in [0.15, 0.2) is 5.54 Å². The first-order valence-corrected chi connectivity index (χ1v) is 6.42. The highest BCUT2D eigenvalue weighted by Crippen LogP contribution is 2.23. The van der Waals surface area contributed by atoms with Crippen LogP contribution < -0.4 is 5.48 Å². The minimum absolute atomic E-state index is 0.105. The monoisotopic (exact) mass is 290 g/mol. The Morgan fingerprint density at radius 1 is 1.33 bits per heavy atom. The molecule has 0 saturated carbocycles. The summed E-state index contributed by atoms with van der Waals surface area (Å²) in [5.74, 6) is -0.459. The van der Waals surface area contributed by atoms with Gasteiger partial charge < -0.3 is 10.1 Å². The molecule has 7 heteroatoms. The summed E-state index contributed by atoms with van der Waals surface area (Å²) < 4.78 is 0. The van der Waals surface area contributed by atoms with Crippen molar-refractivity contribution in [2.45, 2.75) is 12.5 Å². The van der Waals surface area contributed by atoms with Gasteiger partial charge in [-0.25, -0.2) is 5.01 Å². The molecule has 21 heavy (non-hydrogen) atoms. The predicted molar refractivity (Wildman–Crippen MR) is 77.1 cm³/mol. The van der Waals surface area contributed by atoms with Crippen LogP contribution in [0.4, 0.5) is 0 Å². The minimum atomic E-state index is -1.29. The second kappa shape index (κ2) is 5.27. The van der Waals surface area contributed by atoms with Gasteiger partial charge in [-0.05, 0) is 19.1 Å². The Balaban J connectivity index is 2.37. The number of amides is 2. The molecule has 0 aliphatic carbocycles. The number of hydrogen-bond acceptors (Lipinski definition) is 5. The summed E-state index contributed by atoms with van der Waals surface area (Å²) in [6.07, 6.45) is 0. The zero-order valence-electron chi connectivity index (χ0n) is 12.4. The van der Waals surface area contributed by atoms with Crippen molar-refractivity contribution in [1.29, 1.82) is 0 Å². The van der Waals surface area contributed by atoms with Crippen LogP contribution in [0.15, 0.2) is 29.4 Å². The van der Waals surface area contributed by atoms with Crippen LogP contribution in [0.25, 0.3) is 0 Å². The maximum absolute atomic E-state index is 12.0. The molecule has 0 spiro atoms. The Bertz CT molecular complexity index is 609. The molecular weight excluding hydrogens is 272 g/mol. The van der Waals surface area contributed by atoms with Gasteiger partial charge in [0.25, 0.3) is 11.8 Å². The quantitative estimate of drug-likeness (QED) is 0.784. The van der Waals surface area contributed by atoms with Crippen LogP contribution in [0.5, 0.6) is 0 Å². The molecule has 1 aromatic rings. The molecule has 1 unspecified atom stereocenters. The number of carbonyl (C=O) groups is 2. The fourth-order valence-electron chi connectivity index (χ4n) is 2.20. The third-order valence-corrected chi connectivity index (χ3v) is 3.48. The van der Waals surface area contributed by atoms with Crippen molar-refractivity contribution in [1.82, 2.24) is 15.4 Å². The largest absolute Gasteiger partial charge is 0.345 e. The minimum Gasteiger partial charge on any atom is -0.345 e. The maximum Gasteiger partial charge on any atom is 0.270 e. The number of rotatable bonds is 3. The van der Waals surface area contributed by atoms with Gasteiger partial charge in [-0.2, -0.15) is 10.6 Å². The van der Waals surface area contributed by atoms with Crippen molar-refractivity contribution in [3.63, 3.8) is 0 Å². The highest BCUT2D eigenvalue weighted by Gasteiger charge is 2.46. The smallest absolute Gasteiger partial charge is 0.270 e. The number of likely N-dealkylation sites (N-methyl/N-ethyl adjacent to an activating group) is 1. The first-order chi connectivity index (χ1) is 9.81. The lowest BCUT2D eigenvalue weighted by atomic mass is 9.91. The number of hydrogen-bond donors (Lipinski definition) is 2. The summed E-state index contributed by atoms with van der Waals surface area (Å²) >= 11 is 0. The third-order valence-electron chi connectivity index (χ3n) is 3.48. The molecule has 2 rings (SSSR count). The van der Waals surface area contributed by atoms with Crippen molar-refractivity contribution in [2.24, 2.45) is 5.10 Å². The van der Waals surface area contributed by atoms with Crippen molar-refractivity contribution < 1.29 is 14.8 Å². The van der Waals surface area contributed by atoms with Gasteiger partial charge in [-0.3, -0.25) is 9.59 Å². The average Bonchev–Trinajstić information content (AvgIpc) is 2.71. The van der Waals surface area contributed by atoms with E-state index in [2.05, 4.69) is 5.10 Å². The van der Waals surface area contributed by atoms with Crippen molar-refractivity contribution >= 4 is 17.5 Å². The van der Waals surface area contributed by atoms with E-state index in [4.69, 9.17) is 0 Å². The molecule has 0 bridgehead atoms. The summed E-state index contributed by atoms with van der Waals surface area (Å²) in [7, 11) is 4.88. The van der Waals surface area contributed by atoms with Gasteiger partial charge in [-0.1, -0.05) is 12.1 Å². The van der Waals surface area contributed by atoms with Crippen LogP contribution in [0.2, 0.25) is 0 Å². The summed E-state index contributed by atoms with van der Waals surface area (Å²) in [6.45, 7) is 1.55. The molecule has 2 N–H and O–H groups in total. The molecule has 0 saturated heterocycles. The van der Waals surface area contributed by atoms with Crippen LogP contribution in [-0.4, -0.2) is 59.3 Å². The standard InChI is InChI=1S/C14H18N4O3/c1-14(16-21)11(15-18(4)13(14)20)9-5-7-10(8-6-9)12(19)17(2)3/h5-8,16,21H,1-4H3. The summed E-state index contributed by atoms with van der Waals surface area (Å²) in [5, 5.41) is 14.7. The normalized spacial score (nSPS) is 21.5. The van der Waals surface area contributed by atoms with Gasteiger partial charge in [-0.15, -0.1) is 0 Å². The first-order valence-electron chi connectivity index (χ1n) is 6.42. The second-order valence-corrected chi connectivity index (χ2v) is 5.29. The van der Waals surface area contributed by atoms with E-state index in [0.29, 0.717) is 16.8 Å². The lowest BCUT2D eigenvalue weighted by Crippen LogP contribution is -2.53.